The maximum Gasteiger partial charge on any atom is 0.313 e. The highest BCUT2D eigenvalue weighted by atomic mass is 16.5. The van der Waals surface area contributed by atoms with Gasteiger partial charge in [-0.1, -0.05) is 24.3 Å². The molecule has 25 heavy (non-hydrogen) atoms. The second-order valence-corrected chi connectivity index (χ2v) is 5.96. The summed E-state index contributed by atoms with van der Waals surface area (Å²) in [5.74, 6) is -0.715. The molecule has 2 aromatic carbocycles. The van der Waals surface area contributed by atoms with Crippen LogP contribution in [0.5, 0.6) is 5.75 Å². The van der Waals surface area contributed by atoms with Crippen LogP contribution < -0.4 is 15.4 Å². The second-order valence-electron chi connectivity index (χ2n) is 5.96. The first-order valence-electron chi connectivity index (χ1n) is 8.13. The Morgan fingerprint density at radius 1 is 1.20 bits per heavy atom. The van der Waals surface area contributed by atoms with Crippen LogP contribution in [0.2, 0.25) is 0 Å². The Labute approximate surface area is 145 Å². The molecule has 2 amide bonds. The van der Waals surface area contributed by atoms with Gasteiger partial charge < -0.3 is 20.5 Å². The van der Waals surface area contributed by atoms with Crippen LogP contribution in [0, 0.1) is 6.92 Å². The molecule has 1 unspecified atom stereocenters. The molecular formula is C19H20N2O4. The fourth-order valence-electron chi connectivity index (χ4n) is 2.69. The molecule has 1 heterocycles. The van der Waals surface area contributed by atoms with Crippen molar-refractivity contribution in [2.75, 3.05) is 18.5 Å². The van der Waals surface area contributed by atoms with Gasteiger partial charge in [0.2, 0.25) is 0 Å². The van der Waals surface area contributed by atoms with Crippen molar-refractivity contribution in [1.29, 1.82) is 0 Å². The predicted octanol–water partition coefficient (Wildman–Crippen LogP) is 1.72. The van der Waals surface area contributed by atoms with Crippen molar-refractivity contribution in [3.8, 4) is 5.75 Å². The van der Waals surface area contributed by atoms with Crippen LogP contribution in [0.4, 0.5) is 5.69 Å². The molecule has 3 rings (SSSR count). The van der Waals surface area contributed by atoms with E-state index in [0.29, 0.717) is 17.9 Å². The number of para-hydroxylation sites is 1. The van der Waals surface area contributed by atoms with Crippen molar-refractivity contribution in [2.45, 2.75) is 19.4 Å². The SMILES string of the molecule is Cc1ccccc1NC(=O)C(=O)NCC(O)c1ccc2c(c1)CCO2. The van der Waals surface area contributed by atoms with E-state index < -0.39 is 17.9 Å². The van der Waals surface area contributed by atoms with E-state index >= 15 is 0 Å². The largest absolute Gasteiger partial charge is 0.493 e. The Morgan fingerprint density at radius 2 is 2.00 bits per heavy atom. The lowest BCUT2D eigenvalue weighted by atomic mass is 10.0. The summed E-state index contributed by atoms with van der Waals surface area (Å²) in [4.78, 5) is 23.9. The van der Waals surface area contributed by atoms with Crippen molar-refractivity contribution >= 4 is 17.5 Å². The third-order valence-electron chi connectivity index (χ3n) is 4.15. The molecule has 1 aliphatic rings. The Bertz CT molecular complexity index is 804. The average molecular weight is 340 g/mol. The molecule has 0 aliphatic carbocycles. The van der Waals surface area contributed by atoms with Crippen LogP contribution in [0.3, 0.4) is 0 Å². The van der Waals surface area contributed by atoms with E-state index in [4.69, 9.17) is 4.74 Å². The lowest BCUT2D eigenvalue weighted by Crippen LogP contribution is -2.37. The molecule has 130 valence electrons. The highest BCUT2D eigenvalue weighted by Gasteiger charge is 2.18. The maximum absolute atomic E-state index is 11.9. The number of nitrogens with one attached hydrogen (secondary N) is 2. The van der Waals surface area contributed by atoms with Crippen molar-refractivity contribution < 1.29 is 19.4 Å². The normalized spacial score (nSPS) is 13.5. The fourth-order valence-corrected chi connectivity index (χ4v) is 2.69. The van der Waals surface area contributed by atoms with Crippen molar-refractivity contribution in [3.05, 3.63) is 59.2 Å². The lowest BCUT2D eigenvalue weighted by molar-refractivity contribution is -0.136. The summed E-state index contributed by atoms with van der Waals surface area (Å²) in [7, 11) is 0. The first kappa shape index (κ1) is 17.0. The molecule has 1 atom stereocenters. The number of aryl methyl sites for hydroxylation is 1. The van der Waals surface area contributed by atoms with Gasteiger partial charge in [-0.25, -0.2) is 0 Å². The monoisotopic (exact) mass is 340 g/mol. The average Bonchev–Trinajstić information content (AvgIpc) is 3.08. The standard InChI is InChI=1S/C19H20N2O4/c1-12-4-2-3-5-15(12)21-19(24)18(23)20-11-16(22)13-6-7-17-14(10-13)8-9-25-17/h2-7,10,16,22H,8-9,11H2,1H3,(H,20,23)(H,21,24). The minimum Gasteiger partial charge on any atom is -0.493 e. The zero-order valence-corrected chi connectivity index (χ0v) is 13.9. The van der Waals surface area contributed by atoms with Crippen LogP contribution in [0.1, 0.15) is 22.8 Å². The van der Waals surface area contributed by atoms with Crippen LogP contribution in [0.15, 0.2) is 42.5 Å². The van der Waals surface area contributed by atoms with Gasteiger partial charge in [0.25, 0.3) is 0 Å². The number of rotatable bonds is 4. The molecule has 0 aromatic heterocycles. The van der Waals surface area contributed by atoms with Gasteiger partial charge in [0.05, 0.1) is 12.7 Å². The highest BCUT2D eigenvalue weighted by Crippen LogP contribution is 2.28. The Hall–Kier alpha value is -2.86. The zero-order valence-electron chi connectivity index (χ0n) is 13.9. The van der Waals surface area contributed by atoms with Crippen molar-refractivity contribution in [1.82, 2.24) is 5.32 Å². The van der Waals surface area contributed by atoms with Crippen LogP contribution in [0.25, 0.3) is 0 Å². The first-order chi connectivity index (χ1) is 12.0. The number of aliphatic hydroxyl groups is 1. The number of ether oxygens (including phenoxy) is 1. The van der Waals surface area contributed by atoms with E-state index in [-0.39, 0.29) is 6.54 Å². The maximum atomic E-state index is 11.9. The number of hydrogen-bond donors (Lipinski definition) is 3. The predicted molar refractivity (Wildman–Crippen MR) is 93.4 cm³/mol. The third-order valence-corrected chi connectivity index (χ3v) is 4.15. The van der Waals surface area contributed by atoms with E-state index in [9.17, 15) is 14.7 Å². The molecule has 0 saturated heterocycles. The first-order valence-corrected chi connectivity index (χ1v) is 8.13. The van der Waals surface area contributed by atoms with Gasteiger partial charge >= 0.3 is 11.8 Å². The zero-order chi connectivity index (χ0) is 17.8. The van der Waals surface area contributed by atoms with Gasteiger partial charge in [-0.3, -0.25) is 9.59 Å². The molecule has 0 bridgehead atoms. The number of fused-ring (bicyclic) bond motifs is 1. The molecule has 0 saturated carbocycles. The number of amides is 2. The summed E-state index contributed by atoms with van der Waals surface area (Å²) in [6, 6.07) is 12.6. The lowest BCUT2D eigenvalue weighted by Gasteiger charge is -2.13. The highest BCUT2D eigenvalue weighted by molar-refractivity contribution is 6.39. The van der Waals surface area contributed by atoms with E-state index in [1.165, 1.54) is 0 Å². The summed E-state index contributed by atoms with van der Waals surface area (Å²) in [6.07, 6.45) is -0.0812. The summed E-state index contributed by atoms with van der Waals surface area (Å²) in [5.41, 5.74) is 3.18. The van der Waals surface area contributed by atoms with Crippen LogP contribution in [-0.4, -0.2) is 30.1 Å². The van der Waals surface area contributed by atoms with E-state index in [1.54, 1.807) is 18.2 Å². The van der Waals surface area contributed by atoms with E-state index in [0.717, 1.165) is 23.3 Å². The van der Waals surface area contributed by atoms with Gasteiger partial charge in [0.1, 0.15) is 5.75 Å². The fraction of sp³-hybridized carbons (Fsp3) is 0.263. The summed E-state index contributed by atoms with van der Waals surface area (Å²) in [6.45, 7) is 2.44. The number of aliphatic hydroxyl groups excluding tert-OH is 1. The van der Waals surface area contributed by atoms with Gasteiger partial charge in [0.15, 0.2) is 0 Å². The Morgan fingerprint density at radius 3 is 2.80 bits per heavy atom. The number of hydrogen-bond acceptors (Lipinski definition) is 4. The molecule has 1 aliphatic heterocycles. The quantitative estimate of drug-likeness (QED) is 0.740. The van der Waals surface area contributed by atoms with Crippen LogP contribution >= 0.6 is 0 Å². The molecule has 0 radical (unpaired) electrons. The number of benzene rings is 2. The molecule has 6 nitrogen and oxygen atoms in total. The molecular weight excluding hydrogens is 320 g/mol. The number of anilines is 1. The van der Waals surface area contributed by atoms with Gasteiger partial charge in [-0.2, -0.15) is 0 Å². The third kappa shape index (κ3) is 3.97. The number of carbonyl (C=O) groups is 2. The second kappa shape index (κ2) is 7.36. The molecule has 2 aromatic rings. The Kier molecular flexibility index (Phi) is 5.00. The molecule has 3 N–H and O–H groups in total. The van der Waals surface area contributed by atoms with Crippen molar-refractivity contribution in [2.24, 2.45) is 0 Å². The van der Waals surface area contributed by atoms with Gasteiger partial charge in [-0.05, 0) is 41.8 Å². The van der Waals surface area contributed by atoms with Gasteiger partial charge in [0, 0.05) is 18.7 Å². The summed E-state index contributed by atoms with van der Waals surface area (Å²) in [5, 5.41) is 15.2. The minimum absolute atomic E-state index is 0.0420. The smallest absolute Gasteiger partial charge is 0.313 e. The molecule has 0 spiro atoms. The molecule has 0 fully saturated rings. The van der Waals surface area contributed by atoms with Crippen molar-refractivity contribution in [3.63, 3.8) is 0 Å². The molecule has 6 heteroatoms. The summed E-state index contributed by atoms with van der Waals surface area (Å²) >= 11 is 0. The topological polar surface area (TPSA) is 87.7 Å². The Balaban J connectivity index is 1.54. The minimum atomic E-state index is -0.888. The van der Waals surface area contributed by atoms with Gasteiger partial charge in [-0.15, -0.1) is 0 Å². The summed E-state index contributed by atoms with van der Waals surface area (Å²) < 4.78 is 5.42. The number of carbonyl (C=O) groups excluding carboxylic acids is 2. The van der Waals surface area contributed by atoms with E-state index in [2.05, 4.69) is 10.6 Å². The van der Waals surface area contributed by atoms with E-state index in [1.807, 2.05) is 31.2 Å². The van der Waals surface area contributed by atoms with Crippen LogP contribution in [-0.2, 0) is 16.0 Å².